The van der Waals surface area contributed by atoms with Gasteiger partial charge in [0.2, 0.25) is 15.8 Å². The SMILES string of the molecule is Cc1cc(C(=O)N2CCN(S(=O)(=O)c3c(C)cc(C(C)(C)C)cc3C)CC2)on1. The predicted octanol–water partition coefficient (Wildman–Crippen LogP) is 3.04. The maximum Gasteiger partial charge on any atom is 0.292 e. The topological polar surface area (TPSA) is 83.7 Å². The van der Waals surface area contributed by atoms with E-state index < -0.39 is 10.0 Å². The lowest BCUT2D eigenvalue weighted by molar-refractivity contribution is 0.0656. The van der Waals surface area contributed by atoms with Crippen LogP contribution >= 0.6 is 0 Å². The number of piperazine rings is 1. The van der Waals surface area contributed by atoms with Crippen molar-refractivity contribution in [1.29, 1.82) is 0 Å². The van der Waals surface area contributed by atoms with Crippen LogP contribution in [0.25, 0.3) is 0 Å². The molecule has 0 N–H and O–H groups in total. The summed E-state index contributed by atoms with van der Waals surface area (Å²) in [5.41, 5.74) is 3.21. The van der Waals surface area contributed by atoms with Crippen molar-refractivity contribution >= 4 is 15.9 Å². The predicted molar refractivity (Wildman–Crippen MR) is 111 cm³/mol. The monoisotopic (exact) mass is 419 g/mol. The molecule has 1 aromatic heterocycles. The van der Waals surface area contributed by atoms with Crippen LogP contribution in [-0.4, -0.2) is 54.9 Å². The van der Waals surface area contributed by atoms with Crippen molar-refractivity contribution in [1.82, 2.24) is 14.4 Å². The second kappa shape index (κ2) is 7.57. The Bertz CT molecular complexity index is 1000. The Morgan fingerprint density at radius 1 is 1.00 bits per heavy atom. The minimum Gasteiger partial charge on any atom is -0.351 e. The number of nitrogens with zero attached hydrogens (tertiary/aromatic N) is 3. The molecule has 0 spiro atoms. The molecule has 0 radical (unpaired) electrons. The number of aromatic nitrogens is 1. The highest BCUT2D eigenvalue weighted by atomic mass is 32.2. The number of carbonyl (C=O) groups is 1. The standard InChI is InChI=1S/C21H29N3O4S/c1-14-11-17(21(4,5)6)12-15(2)19(14)29(26,27)24-9-7-23(8-10-24)20(25)18-13-16(3)22-28-18/h11-13H,7-10H2,1-6H3. The maximum absolute atomic E-state index is 13.3. The molecular formula is C21H29N3O4S. The zero-order chi connectivity index (χ0) is 21.6. The second-order valence-electron chi connectivity index (χ2n) is 8.72. The van der Waals surface area contributed by atoms with Gasteiger partial charge in [-0.2, -0.15) is 4.31 Å². The van der Waals surface area contributed by atoms with Crippen molar-refractivity contribution in [2.45, 2.75) is 51.9 Å². The highest BCUT2D eigenvalue weighted by Crippen LogP contribution is 2.31. The average Bonchev–Trinajstić information content (AvgIpc) is 3.06. The van der Waals surface area contributed by atoms with Gasteiger partial charge in [-0.05, 0) is 42.9 Å². The molecule has 0 aliphatic carbocycles. The highest BCUT2D eigenvalue weighted by Gasteiger charge is 2.33. The zero-order valence-corrected chi connectivity index (χ0v) is 18.8. The molecule has 158 valence electrons. The molecule has 0 unspecified atom stereocenters. The molecule has 1 fully saturated rings. The fourth-order valence-electron chi connectivity index (χ4n) is 3.67. The minimum absolute atomic E-state index is 0.0527. The summed E-state index contributed by atoms with van der Waals surface area (Å²) in [7, 11) is -3.64. The minimum atomic E-state index is -3.64. The van der Waals surface area contributed by atoms with Crippen LogP contribution in [0.15, 0.2) is 27.6 Å². The third-order valence-corrected chi connectivity index (χ3v) is 7.49. The number of sulfonamides is 1. The van der Waals surface area contributed by atoms with E-state index in [1.165, 1.54) is 4.31 Å². The number of benzene rings is 1. The molecule has 0 bridgehead atoms. The summed E-state index contributed by atoms with van der Waals surface area (Å²) in [5.74, 6) is -0.0761. The summed E-state index contributed by atoms with van der Waals surface area (Å²) in [5, 5.41) is 3.74. The number of carbonyl (C=O) groups excluding carboxylic acids is 1. The Balaban J connectivity index is 1.79. The summed E-state index contributed by atoms with van der Waals surface area (Å²) >= 11 is 0. The van der Waals surface area contributed by atoms with E-state index in [-0.39, 0.29) is 30.2 Å². The van der Waals surface area contributed by atoms with E-state index in [4.69, 9.17) is 4.52 Å². The van der Waals surface area contributed by atoms with Gasteiger partial charge in [-0.25, -0.2) is 8.42 Å². The fraction of sp³-hybridized carbons (Fsp3) is 0.524. The van der Waals surface area contributed by atoms with Crippen LogP contribution < -0.4 is 0 Å². The summed E-state index contributed by atoms with van der Waals surface area (Å²) in [4.78, 5) is 14.5. The quantitative estimate of drug-likeness (QED) is 0.764. The zero-order valence-electron chi connectivity index (χ0n) is 17.9. The van der Waals surface area contributed by atoms with Crippen LogP contribution in [0.1, 0.15) is 53.7 Å². The van der Waals surface area contributed by atoms with Gasteiger partial charge in [0, 0.05) is 32.2 Å². The van der Waals surface area contributed by atoms with Crippen molar-refractivity contribution in [2.24, 2.45) is 0 Å². The third kappa shape index (κ3) is 4.23. The normalized spacial score (nSPS) is 16.3. The summed E-state index contributed by atoms with van der Waals surface area (Å²) in [6.45, 7) is 12.9. The maximum atomic E-state index is 13.3. The average molecular weight is 420 g/mol. The van der Waals surface area contributed by atoms with Gasteiger partial charge in [-0.3, -0.25) is 4.79 Å². The largest absolute Gasteiger partial charge is 0.351 e. The lowest BCUT2D eigenvalue weighted by Gasteiger charge is -2.34. The number of hydrogen-bond acceptors (Lipinski definition) is 5. The van der Waals surface area contributed by atoms with Crippen LogP contribution in [0, 0.1) is 20.8 Å². The summed E-state index contributed by atoms with van der Waals surface area (Å²) in [6, 6.07) is 5.52. The Hall–Kier alpha value is -2.19. The van der Waals surface area contributed by atoms with Crippen molar-refractivity contribution < 1.29 is 17.7 Å². The molecule has 2 heterocycles. The van der Waals surface area contributed by atoms with E-state index in [9.17, 15) is 13.2 Å². The Morgan fingerprint density at radius 3 is 2.00 bits per heavy atom. The first kappa shape index (κ1) is 21.5. The second-order valence-corrected chi connectivity index (χ2v) is 10.6. The van der Waals surface area contributed by atoms with Crippen molar-refractivity contribution in [3.8, 4) is 0 Å². The molecule has 1 saturated heterocycles. The molecule has 1 aliphatic rings. The Kier molecular flexibility index (Phi) is 5.62. The molecular weight excluding hydrogens is 390 g/mol. The van der Waals surface area contributed by atoms with Crippen LogP contribution in [-0.2, 0) is 15.4 Å². The number of hydrogen-bond donors (Lipinski definition) is 0. The first-order valence-electron chi connectivity index (χ1n) is 9.76. The molecule has 29 heavy (non-hydrogen) atoms. The third-order valence-electron chi connectivity index (χ3n) is 5.29. The van der Waals surface area contributed by atoms with Crippen LogP contribution in [0.2, 0.25) is 0 Å². The van der Waals surface area contributed by atoms with E-state index in [0.717, 1.165) is 16.7 Å². The molecule has 7 nitrogen and oxygen atoms in total. The van der Waals surface area contributed by atoms with E-state index in [1.807, 2.05) is 26.0 Å². The molecule has 1 aromatic carbocycles. The molecule has 8 heteroatoms. The Labute approximate surface area is 172 Å². The van der Waals surface area contributed by atoms with Crippen LogP contribution in [0.5, 0.6) is 0 Å². The van der Waals surface area contributed by atoms with Gasteiger partial charge in [-0.1, -0.05) is 38.1 Å². The van der Waals surface area contributed by atoms with Crippen LogP contribution in [0.3, 0.4) is 0 Å². The van der Waals surface area contributed by atoms with E-state index in [1.54, 1.807) is 17.9 Å². The van der Waals surface area contributed by atoms with Crippen molar-refractivity contribution in [2.75, 3.05) is 26.2 Å². The Morgan fingerprint density at radius 2 is 1.55 bits per heavy atom. The molecule has 3 rings (SSSR count). The molecule has 2 aromatic rings. The van der Waals surface area contributed by atoms with Gasteiger partial charge < -0.3 is 9.42 Å². The highest BCUT2D eigenvalue weighted by molar-refractivity contribution is 7.89. The number of aryl methyl sites for hydroxylation is 3. The van der Waals surface area contributed by atoms with Crippen molar-refractivity contribution in [3.05, 3.63) is 46.3 Å². The van der Waals surface area contributed by atoms with E-state index in [2.05, 4.69) is 25.9 Å². The van der Waals surface area contributed by atoms with Crippen LogP contribution in [0.4, 0.5) is 0 Å². The van der Waals surface area contributed by atoms with E-state index in [0.29, 0.717) is 23.7 Å². The van der Waals surface area contributed by atoms with Gasteiger partial charge in [0.25, 0.3) is 5.91 Å². The van der Waals surface area contributed by atoms with Gasteiger partial charge >= 0.3 is 0 Å². The van der Waals surface area contributed by atoms with Gasteiger partial charge in [0.1, 0.15) is 0 Å². The van der Waals surface area contributed by atoms with Gasteiger partial charge in [-0.15, -0.1) is 0 Å². The molecule has 0 atom stereocenters. The number of amides is 1. The van der Waals surface area contributed by atoms with Gasteiger partial charge in [0.05, 0.1) is 10.6 Å². The smallest absolute Gasteiger partial charge is 0.292 e. The molecule has 1 aliphatic heterocycles. The van der Waals surface area contributed by atoms with Gasteiger partial charge in [0.15, 0.2) is 0 Å². The molecule has 1 amide bonds. The van der Waals surface area contributed by atoms with E-state index >= 15 is 0 Å². The lowest BCUT2D eigenvalue weighted by atomic mass is 9.85. The van der Waals surface area contributed by atoms with Crippen molar-refractivity contribution in [3.63, 3.8) is 0 Å². The summed E-state index contributed by atoms with van der Waals surface area (Å²) in [6.07, 6.45) is 0. The fourth-order valence-corrected chi connectivity index (χ4v) is 5.50. The first-order chi connectivity index (χ1) is 13.4. The lowest BCUT2D eigenvalue weighted by Crippen LogP contribution is -2.50. The number of rotatable bonds is 3. The summed E-state index contributed by atoms with van der Waals surface area (Å²) < 4.78 is 33.2. The first-order valence-corrected chi connectivity index (χ1v) is 11.2. The molecule has 0 saturated carbocycles.